The van der Waals surface area contributed by atoms with E-state index in [1.165, 1.54) is 38.4 Å². The number of methoxy groups -OCH3 is 1. The minimum atomic E-state index is -1.06. The molecule has 0 aliphatic heterocycles. The number of para-hydroxylation sites is 1. The highest BCUT2D eigenvalue weighted by molar-refractivity contribution is 5.97. The average molecular weight is 468 g/mol. The van der Waals surface area contributed by atoms with Crippen molar-refractivity contribution in [1.29, 1.82) is 0 Å². The molecule has 0 aliphatic rings. The molecule has 3 atom stereocenters. The van der Waals surface area contributed by atoms with E-state index in [0.717, 1.165) is 0 Å². The van der Waals surface area contributed by atoms with Crippen molar-refractivity contribution in [1.82, 2.24) is 10.3 Å². The van der Waals surface area contributed by atoms with Crippen molar-refractivity contribution in [3.05, 3.63) is 83.9 Å². The number of esters is 1. The number of aromatic hydroxyl groups is 1. The number of hydrogen-bond donors (Lipinski definition) is 2. The Bertz CT molecular complexity index is 1120. The number of pyridine rings is 1. The summed E-state index contributed by atoms with van der Waals surface area (Å²) in [6.07, 6.45) is -0.230. The van der Waals surface area contributed by atoms with Gasteiger partial charge in [-0.3, -0.25) is 4.79 Å². The van der Waals surface area contributed by atoms with Gasteiger partial charge in [-0.1, -0.05) is 30.3 Å². The van der Waals surface area contributed by atoms with E-state index >= 15 is 0 Å². The third kappa shape index (κ3) is 6.00. The topological polar surface area (TPSA) is 107 Å². The van der Waals surface area contributed by atoms with Crippen LogP contribution in [0.1, 0.15) is 36.0 Å². The van der Waals surface area contributed by atoms with E-state index in [1.54, 1.807) is 43.3 Å². The summed E-state index contributed by atoms with van der Waals surface area (Å²) in [7, 11) is 1.34. The van der Waals surface area contributed by atoms with Gasteiger partial charge in [0.05, 0.1) is 7.11 Å². The first-order valence-electron chi connectivity index (χ1n) is 10.5. The summed E-state index contributed by atoms with van der Waals surface area (Å²) in [6.45, 7) is 3.08. The number of nitrogens with zero attached hydrogens (tertiary/aromatic N) is 1. The number of ether oxygens (including phenoxy) is 3. The van der Waals surface area contributed by atoms with Crippen LogP contribution in [0, 0.1) is 5.82 Å². The molecule has 178 valence electrons. The van der Waals surface area contributed by atoms with Crippen molar-refractivity contribution in [2.24, 2.45) is 0 Å². The Labute approximate surface area is 196 Å². The number of carbonyl (C=O) groups excluding carboxylic acids is 2. The highest BCUT2D eigenvalue weighted by Crippen LogP contribution is 2.28. The quantitative estimate of drug-likeness (QED) is 0.460. The normalized spacial score (nSPS) is 13.3. The molecule has 3 rings (SSSR count). The maximum absolute atomic E-state index is 13.4. The predicted octanol–water partition coefficient (Wildman–Crippen LogP) is 3.81. The zero-order valence-electron chi connectivity index (χ0n) is 18.9. The van der Waals surface area contributed by atoms with Gasteiger partial charge in [0, 0.05) is 12.3 Å². The number of carbonyl (C=O) groups is 2. The molecule has 3 aromatic rings. The largest absolute Gasteiger partial charge is 0.503 e. The molecule has 0 radical (unpaired) electrons. The molecule has 1 aromatic heterocycles. The lowest BCUT2D eigenvalue weighted by Gasteiger charge is -2.27. The monoisotopic (exact) mass is 468 g/mol. The molecule has 0 saturated heterocycles. The number of amides is 1. The van der Waals surface area contributed by atoms with Gasteiger partial charge in [-0.2, -0.15) is 0 Å². The zero-order chi connectivity index (χ0) is 24.7. The molecule has 0 aliphatic carbocycles. The molecule has 8 nitrogen and oxygen atoms in total. The van der Waals surface area contributed by atoms with Crippen LogP contribution in [0.2, 0.25) is 0 Å². The summed E-state index contributed by atoms with van der Waals surface area (Å²) >= 11 is 0. The van der Waals surface area contributed by atoms with Crippen LogP contribution in [0.25, 0.3) is 0 Å². The summed E-state index contributed by atoms with van der Waals surface area (Å²) in [5, 5.41) is 12.6. The number of benzene rings is 2. The molecule has 34 heavy (non-hydrogen) atoms. The molecule has 2 N–H and O–H groups in total. The third-order valence-corrected chi connectivity index (χ3v) is 4.96. The van der Waals surface area contributed by atoms with Gasteiger partial charge < -0.3 is 24.6 Å². The predicted molar refractivity (Wildman–Crippen MR) is 121 cm³/mol. The molecule has 1 heterocycles. The van der Waals surface area contributed by atoms with Gasteiger partial charge in [0.25, 0.3) is 5.91 Å². The smallest absolute Gasteiger partial charge is 0.328 e. The standard InChI is InChI=1S/C25H25FN2O6/c1-15(28-24(30)21-22(29)20(32-3)13-14-27-21)25(31)33-16(2)23(17-9-11-18(26)12-10-17)34-19-7-5-4-6-8-19/h4-16,23,29H,1-3H3,(H,28,30)/t15-,16-,23-/m0/s1. The number of nitrogens with one attached hydrogen (secondary N) is 1. The fraction of sp³-hybridized carbons (Fsp3) is 0.240. The summed E-state index contributed by atoms with van der Waals surface area (Å²) in [6, 6.07) is 15.0. The van der Waals surface area contributed by atoms with Crippen LogP contribution in [-0.4, -0.2) is 41.2 Å². The Hall–Kier alpha value is -4.14. The maximum Gasteiger partial charge on any atom is 0.328 e. The van der Waals surface area contributed by atoms with Crippen molar-refractivity contribution >= 4 is 11.9 Å². The molecule has 0 spiro atoms. The SMILES string of the molecule is COc1ccnc(C(=O)N[C@@H](C)C(=O)O[C@@H](C)[C@H](Oc2ccccc2)c2ccc(F)cc2)c1O. The Morgan fingerprint density at radius 1 is 1.03 bits per heavy atom. The molecule has 1 amide bonds. The van der Waals surface area contributed by atoms with Crippen LogP contribution in [-0.2, 0) is 9.53 Å². The first kappa shape index (κ1) is 24.5. The molecule has 0 bridgehead atoms. The lowest BCUT2D eigenvalue weighted by molar-refractivity contribution is -0.154. The van der Waals surface area contributed by atoms with E-state index in [-0.39, 0.29) is 11.4 Å². The first-order chi connectivity index (χ1) is 16.3. The summed E-state index contributed by atoms with van der Waals surface area (Å²) in [4.78, 5) is 29.1. The lowest BCUT2D eigenvalue weighted by atomic mass is 10.0. The van der Waals surface area contributed by atoms with E-state index in [9.17, 15) is 19.1 Å². The molecular formula is C25H25FN2O6. The van der Waals surface area contributed by atoms with Gasteiger partial charge in [-0.05, 0) is 43.7 Å². The van der Waals surface area contributed by atoms with Crippen molar-refractivity contribution in [3.8, 4) is 17.2 Å². The zero-order valence-corrected chi connectivity index (χ0v) is 18.9. The van der Waals surface area contributed by atoms with Gasteiger partial charge in [-0.15, -0.1) is 0 Å². The van der Waals surface area contributed by atoms with Crippen molar-refractivity contribution < 1.29 is 33.3 Å². The second-order valence-electron chi connectivity index (χ2n) is 7.45. The summed E-state index contributed by atoms with van der Waals surface area (Å²) < 4.78 is 30.0. The van der Waals surface area contributed by atoms with Crippen LogP contribution < -0.4 is 14.8 Å². The number of rotatable bonds is 9. The molecule has 0 unspecified atom stereocenters. The average Bonchev–Trinajstić information content (AvgIpc) is 2.83. The Morgan fingerprint density at radius 3 is 2.35 bits per heavy atom. The minimum Gasteiger partial charge on any atom is -0.503 e. The van der Waals surface area contributed by atoms with E-state index in [0.29, 0.717) is 11.3 Å². The van der Waals surface area contributed by atoms with Gasteiger partial charge in [-0.25, -0.2) is 14.2 Å². The Kier molecular flexibility index (Phi) is 8.02. The summed E-state index contributed by atoms with van der Waals surface area (Å²) in [5.41, 5.74) is 0.316. The van der Waals surface area contributed by atoms with Gasteiger partial charge >= 0.3 is 5.97 Å². The number of aromatic nitrogens is 1. The highest BCUT2D eigenvalue weighted by atomic mass is 19.1. The van der Waals surface area contributed by atoms with Crippen LogP contribution in [0.5, 0.6) is 17.2 Å². The Balaban J connectivity index is 1.71. The van der Waals surface area contributed by atoms with Crippen molar-refractivity contribution in [3.63, 3.8) is 0 Å². The van der Waals surface area contributed by atoms with Gasteiger partial charge in [0.1, 0.15) is 23.7 Å². The van der Waals surface area contributed by atoms with E-state index < -0.39 is 41.7 Å². The first-order valence-corrected chi connectivity index (χ1v) is 10.5. The molecule has 0 fully saturated rings. The van der Waals surface area contributed by atoms with Crippen molar-refractivity contribution in [2.75, 3.05) is 7.11 Å². The second kappa shape index (κ2) is 11.1. The van der Waals surface area contributed by atoms with Crippen LogP contribution in [0.15, 0.2) is 66.9 Å². The van der Waals surface area contributed by atoms with E-state index in [1.807, 2.05) is 6.07 Å². The number of hydrogen-bond acceptors (Lipinski definition) is 7. The number of halogens is 1. The van der Waals surface area contributed by atoms with Crippen LogP contribution >= 0.6 is 0 Å². The second-order valence-corrected chi connectivity index (χ2v) is 7.45. The van der Waals surface area contributed by atoms with Crippen LogP contribution in [0.3, 0.4) is 0 Å². The molecule has 0 saturated carbocycles. The minimum absolute atomic E-state index is 0.0733. The van der Waals surface area contributed by atoms with Crippen LogP contribution in [0.4, 0.5) is 4.39 Å². The third-order valence-electron chi connectivity index (χ3n) is 4.96. The molecule has 9 heteroatoms. The van der Waals surface area contributed by atoms with E-state index in [2.05, 4.69) is 10.3 Å². The van der Waals surface area contributed by atoms with Gasteiger partial charge in [0.15, 0.2) is 23.3 Å². The summed E-state index contributed by atoms with van der Waals surface area (Å²) in [5.74, 6) is -1.73. The highest BCUT2D eigenvalue weighted by Gasteiger charge is 2.28. The lowest BCUT2D eigenvalue weighted by Crippen LogP contribution is -2.42. The fourth-order valence-corrected chi connectivity index (χ4v) is 3.17. The Morgan fingerprint density at radius 2 is 1.71 bits per heavy atom. The van der Waals surface area contributed by atoms with E-state index in [4.69, 9.17) is 14.2 Å². The maximum atomic E-state index is 13.4. The van der Waals surface area contributed by atoms with Crippen molar-refractivity contribution in [2.45, 2.75) is 32.1 Å². The molecular weight excluding hydrogens is 443 g/mol. The fourth-order valence-electron chi connectivity index (χ4n) is 3.17. The van der Waals surface area contributed by atoms with Gasteiger partial charge in [0.2, 0.25) is 0 Å². The molecule has 2 aromatic carbocycles.